The Morgan fingerprint density at radius 2 is 1.72 bits per heavy atom. The summed E-state index contributed by atoms with van der Waals surface area (Å²) >= 11 is 0. The summed E-state index contributed by atoms with van der Waals surface area (Å²) in [5.41, 5.74) is 3.10. The standard InChI is InChI=1S/C19H15F2N3O/c1-12-3-2-4-13(9-12)23-15-6-8-18(22-11-15)19(25)24-14-5-7-16(20)17(21)10-14/h2-11,23H,1H3,(H,24,25). The van der Waals surface area contributed by atoms with E-state index in [9.17, 15) is 13.6 Å². The van der Waals surface area contributed by atoms with Crippen LogP contribution in [0, 0.1) is 18.6 Å². The van der Waals surface area contributed by atoms with E-state index in [1.165, 1.54) is 12.3 Å². The molecule has 0 aliphatic rings. The van der Waals surface area contributed by atoms with Gasteiger partial charge in [0.05, 0.1) is 11.9 Å². The molecular formula is C19H15F2N3O. The lowest BCUT2D eigenvalue weighted by atomic mass is 10.2. The summed E-state index contributed by atoms with van der Waals surface area (Å²) in [7, 11) is 0. The van der Waals surface area contributed by atoms with Crippen LogP contribution in [0.1, 0.15) is 16.1 Å². The van der Waals surface area contributed by atoms with Crippen molar-refractivity contribution in [3.8, 4) is 0 Å². The van der Waals surface area contributed by atoms with Crippen LogP contribution >= 0.6 is 0 Å². The summed E-state index contributed by atoms with van der Waals surface area (Å²) < 4.78 is 26.1. The minimum Gasteiger partial charge on any atom is -0.354 e. The molecule has 0 saturated heterocycles. The fourth-order valence-corrected chi connectivity index (χ4v) is 2.26. The van der Waals surface area contributed by atoms with Crippen molar-refractivity contribution in [1.82, 2.24) is 4.98 Å². The third kappa shape index (κ3) is 4.17. The molecule has 1 aromatic heterocycles. The highest BCUT2D eigenvalue weighted by molar-refractivity contribution is 6.02. The van der Waals surface area contributed by atoms with Crippen LogP contribution in [0.25, 0.3) is 0 Å². The molecule has 25 heavy (non-hydrogen) atoms. The Labute approximate surface area is 143 Å². The zero-order chi connectivity index (χ0) is 17.8. The highest BCUT2D eigenvalue weighted by atomic mass is 19.2. The lowest BCUT2D eigenvalue weighted by Crippen LogP contribution is -2.13. The number of aromatic nitrogens is 1. The van der Waals surface area contributed by atoms with Crippen LogP contribution in [0.3, 0.4) is 0 Å². The maximum Gasteiger partial charge on any atom is 0.274 e. The van der Waals surface area contributed by atoms with Gasteiger partial charge in [-0.15, -0.1) is 0 Å². The quantitative estimate of drug-likeness (QED) is 0.727. The largest absolute Gasteiger partial charge is 0.354 e. The Balaban J connectivity index is 1.68. The second kappa shape index (κ2) is 7.09. The molecule has 3 rings (SSSR count). The smallest absolute Gasteiger partial charge is 0.274 e. The molecule has 2 aromatic carbocycles. The number of anilines is 3. The Bertz CT molecular complexity index is 911. The SMILES string of the molecule is Cc1cccc(Nc2ccc(C(=O)Nc3ccc(F)c(F)c3)nc2)c1. The van der Waals surface area contributed by atoms with E-state index in [2.05, 4.69) is 15.6 Å². The van der Waals surface area contributed by atoms with Gasteiger partial charge in [-0.25, -0.2) is 13.8 Å². The second-order valence-corrected chi connectivity index (χ2v) is 5.51. The van der Waals surface area contributed by atoms with Gasteiger partial charge in [0.1, 0.15) is 5.69 Å². The van der Waals surface area contributed by atoms with Gasteiger partial charge in [-0.2, -0.15) is 0 Å². The fourth-order valence-electron chi connectivity index (χ4n) is 2.26. The molecule has 0 bridgehead atoms. The van der Waals surface area contributed by atoms with Crippen molar-refractivity contribution in [3.63, 3.8) is 0 Å². The molecule has 1 amide bonds. The van der Waals surface area contributed by atoms with Crippen LogP contribution in [0.2, 0.25) is 0 Å². The third-order valence-corrected chi connectivity index (χ3v) is 3.48. The maximum atomic E-state index is 13.2. The van der Waals surface area contributed by atoms with E-state index in [0.717, 1.165) is 29.1 Å². The maximum absolute atomic E-state index is 13.2. The van der Waals surface area contributed by atoms with Gasteiger partial charge in [-0.3, -0.25) is 4.79 Å². The molecule has 126 valence electrons. The van der Waals surface area contributed by atoms with Gasteiger partial charge in [-0.1, -0.05) is 12.1 Å². The molecule has 0 fully saturated rings. The molecule has 0 unspecified atom stereocenters. The van der Waals surface area contributed by atoms with Crippen LogP contribution in [-0.4, -0.2) is 10.9 Å². The number of pyridine rings is 1. The number of halogens is 2. The van der Waals surface area contributed by atoms with Crippen LogP contribution in [-0.2, 0) is 0 Å². The number of hydrogen-bond acceptors (Lipinski definition) is 3. The minimum atomic E-state index is -1.02. The van der Waals surface area contributed by atoms with Crippen LogP contribution in [0.5, 0.6) is 0 Å². The summed E-state index contributed by atoms with van der Waals surface area (Å²) in [6.07, 6.45) is 1.53. The number of nitrogens with one attached hydrogen (secondary N) is 2. The first-order chi connectivity index (χ1) is 12.0. The Morgan fingerprint density at radius 1 is 0.920 bits per heavy atom. The van der Waals surface area contributed by atoms with Crippen molar-refractivity contribution in [2.24, 2.45) is 0 Å². The molecule has 0 atom stereocenters. The normalized spacial score (nSPS) is 10.4. The number of nitrogens with zero attached hydrogens (tertiary/aromatic N) is 1. The number of amides is 1. The fraction of sp³-hybridized carbons (Fsp3) is 0.0526. The monoisotopic (exact) mass is 339 g/mol. The number of carbonyl (C=O) groups excluding carboxylic acids is 1. The molecular weight excluding hydrogens is 324 g/mol. The van der Waals surface area contributed by atoms with Gasteiger partial charge in [0.25, 0.3) is 5.91 Å². The van der Waals surface area contributed by atoms with Gasteiger partial charge in [0.2, 0.25) is 0 Å². The van der Waals surface area contributed by atoms with E-state index in [1.807, 2.05) is 31.2 Å². The van der Waals surface area contributed by atoms with E-state index in [1.54, 1.807) is 12.1 Å². The number of hydrogen-bond donors (Lipinski definition) is 2. The van der Waals surface area contributed by atoms with Crippen LogP contribution < -0.4 is 10.6 Å². The molecule has 2 N–H and O–H groups in total. The highest BCUT2D eigenvalue weighted by Crippen LogP contribution is 2.18. The first kappa shape index (κ1) is 16.6. The molecule has 6 heteroatoms. The molecule has 1 heterocycles. The topological polar surface area (TPSA) is 54.0 Å². The number of rotatable bonds is 4. The predicted octanol–water partition coefficient (Wildman–Crippen LogP) is 4.66. The minimum absolute atomic E-state index is 0.160. The van der Waals surface area contributed by atoms with Gasteiger partial charge in [-0.05, 0) is 48.9 Å². The highest BCUT2D eigenvalue weighted by Gasteiger charge is 2.10. The number of carbonyl (C=O) groups is 1. The van der Waals surface area contributed by atoms with E-state index in [-0.39, 0.29) is 11.4 Å². The summed E-state index contributed by atoms with van der Waals surface area (Å²) in [4.78, 5) is 16.2. The van der Waals surface area contributed by atoms with Crippen LogP contribution in [0.15, 0.2) is 60.8 Å². The lowest BCUT2D eigenvalue weighted by molar-refractivity contribution is 0.102. The molecule has 0 spiro atoms. The van der Waals surface area contributed by atoms with Crippen LogP contribution in [0.4, 0.5) is 25.8 Å². The Kier molecular flexibility index (Phi) is 4.70. The average molecular weight is 339 g/mol. The Hall–Kier alpha value is -3.28. The summed E-state index contributed by atoms with van der Waals surface area (Å²) in [6.45, 7) is 2.00. The summed E-state index contributed by atoms with van der Waals surface area (Å²) in [5, 5.41) is 5.66. The Morgan fingerprint density at radius 3 is 2.40 bits per heavy atom. The molecule has 0 aliphatic heterocycles. The second-order valence-electron chi connectivity index (χ2n) is 5.51. The van der Waals surface area contributed by atoms with Crippen molar-refractivity contribution in [3.05, 3.63) is 83.7 Å². The zero-order valence-electron chi connectivity index (χ0n) is 13.4. The molecule has 0 saturated carbocycles. The summed E-state index contributed by atoms with van der Waals surface area (Å²) in [6, 6.07) is 14.3. The van der Waals surface area contributed by atoms with E-state index in [4.69, 9.17) is 0 Å². The average Bonchev–Trinajstić information content (AvgIpc) is 2.59. The van der Waals surface area contributed by atoms with E-state index >= 15 is 0 Å². The molecule has 4 nitrogen and oxygen atoms in total. The molecule has 3 aromatic rings. The van der Waals surface area contributed by atoms with Gasteiger partial charge in [0, 0.05) is 17.4 Å². The van der Waals surface area contributed by atoms with Crippen molar-refractivity contribution in [2.75, 3.05) is 10.6 Å². The van der Waals surface area contributed by atoms with Gasteiger partial charge in [0.15, 0.2) is 11.6 Å². The lowest BCUT2D eigenvalue weighted by Gasteiger charge is -2.08. The van der Waals surface area contributed by atoms with Crippen molar-refractivity contribution in [1.29, 1.82) is 0 Å². The number of benzene rings is 2. The first-order valence-electron chi connectivity index (χ1n) is 7.57. The van der Waals surface area contributed by atoms with E-state index < -0.39 is 17.5 Å². The molecule has 0 radical (unpaired) electrons. The number of aryl methyl sites for hydroxylation is 1. The van der Waals surface area contributed by atoms with Crippen molar-refractivity contribution in [2.45, 2.75) is 6.92 Å². The van der Waals surface area contributed by atoms with Gasteiger partial charge >= 0.3 is 0 Å². The first-order valence-corrected chi connectivity index (χ1v) is 7.57. The van der Waals surface area contributed by atoms with Crippen molar-refractivity contribution >= 4 is 23.0 Å². The third-order valence-electron chi connectivity index (χ3n) is 3.48. The summed E-state index contributed by atoms with van der Waals surface area (Å²) in [5.74, 6) is -2.50. The van der Waals surface area contributed by atoms with E-state index in [0.29, 0.717) is 0 Å². The van der Waals surface area contributed by atoms with Crippen molar-refractivity contribution < 1.29 is 13.6 Å². The zero-order valence-corrected chi connectivity index (χ0v) is 13.4. The van der Waals surface area contributed by atoms with Gasteiger partial charge < -0.3 is 10.6 Å². The molecule has 0 aliphatic carbocycles. The predicted molar refractivity (Wildman–Crippen MR) is 93.0 cm³/mol.